The third-order valence-electron chi connectivity index (χ3n) is 4.72. The molecule has 0 spiro atoms. The van der Waals surface area contributed by atoms with E-state index in [0.29, 0.717) is 18.5 Å². The van der Waals surface area contributed by atoms with Gasteiger partial charge in [0.1, 0.15) is 0 Å². The molecule has 102 valence electrons. The zero-order valence-electron chi connectivity index (χ0n) is 10.6. The average molecular weight is 272 g/mol. The van der Waals surface area contributed by atoms with Crippen LogP contribution in [0.5, 0.6) is 0 Å². The standard InChI is InChI=1S/C12H20N2O3S/c1-14(9-4-5-18(16,17)7-9)12(15)10-6-8-2-3-11(10)13-8/h8-11,13H,2-7H2,1H3. The second kappa shape index (κ2) is 4.20. The number of hydrogen-bond donors (Lipinski definition) is 1. The van der Waals surface area contributed by atoms with E-state index in [1.165, 1.54) is 6.42 Å². The Bertz CT molecular complexity index is 462. The molecular formula is C12H20N2O3S. The molecule has 3 aliphatic rings. The lowest BCUT2D eigenvalue weighted by Gasteiger charge is -2.29. The second-order valence-corrected chi connectivity index (χ2v) is 8.12. The Morgan fingerprint density at radius 1 is 1.28 bits per heavy atom. The maximum absolute atomic E-state index is 12.4. The van der Waals surface area contributed by atoms with E-state index in [1.54, 1.807) is 11.9 Å². The van der Waals surface area contributed by atoms with Crippen molar-refractivity contribution in [3.05, 3.63) is 0 Å². The number of carbonyl (C=O) groups excluding carboxylic acids is 1. The molecule has 3 aliphatic heterocycles. The van der Waals surface area contributed by atoms with Crippen molar-refractivity contribution >= 4 is 15.7 Å². The Kier molecular flexibility index (Phi) is 2.90. The lowest BCUT2D eigenvalue weighted by Crippen LogP contribution is -2.44. The van der Waals surface area contributed by atoms with Crippen LogP contribution in [0.15, 0.2) is 0 Å². The molecule has 0 aromatic carbocycles. The first-order valence-electron chi connectivity index (χ1n) is 6.69. The third kappa shape index (κ3) is 2.05. The summed E-state index contributed by atoms with van der Waals surface area (Å²) in [7, 11) is -1.15. The summed E-state index contributed by atoms with van der Waals surface area (Å²) in [6.07, 6.45) is 3.78. The van der Waals surface area contributed by atoms with Crippen molar-refractivity contribution in [3.8, 4) is 0 Å². The molecule has 6 heteroatoms. The highest BCUT2D eigenvalue weighted by Crippen LogP contribution is 2.35. The van der Waals surface area contributed by atoms with Gasteiger partial charge in [-0.25, -0.2) is 8.42 Å². The van der Waals surface area contributed by atoms with E-state index in [0.717, 1.165) is 12.8 Å². The highest BCUT2D eigenvalue weighted by Gasteiger charge is 2.45. The lowest BCUT2D eigenvalue weighted by atomic mass is 9.88. The number of nitrogens with zero attached hydrogens (tertiary/aromatic N) is 1. The van der Waals surface area contributed by atoms with Gasteiger partial charge in [0.2, 0.25) is 5.91 Å². The van der Waals surface area contributed by atoms with Gasteiger partial charge in [-0.1, -0.05) is 0 Å². The van der Waals surface area contributed by atoms with Crippen LogP contribution < -0.4 is 5.32 Å². The summed E-state index contributed by atoms with van der Waals surface area (Å²) >= 11 is 0. The van der Waals surface area contributed by atoms with Gasteiger partial charge in [-0.05, 0) is 25.7 Å². The van der Waals surface area contributed by atoms with Gasteiger partial charge in [-0.3, -0.25) is 4.79 Å². The van der Waals surface area contributed by atoms with E-state index in [1.807, 2.05) is 0 Å². The molecule has 3 saturated heterocycles. The van der Waals surface area contributed by atoms with Crippen molar-refractivity contribution in [1.82, 2.24) is 10.2 Å². The number of carbonyl (C=O) groups is 1. The number of fused-ring (bicyclic) bond motifs is 2. The molecule has 2 bridgehead atoms. The molecule has 3 heterocycles. The van der Waals surface area contributed by atoms with Crippen LogP contribution in [0.4, 0.5) is 0 Å². The molecule has 18 heavy (non-hydrogen) atoms. The van der Waals surface area contributed by atoms with Gasteiger partial charge in [0, 0.05) is 25.2 Å². The van der Waals surface area contributed by atoms with E-state index in [4.69, 9.17) is 0 Å². The molecule has 5 nitrogen and oxygen atoms in total. The molecule has 0 aliphatic carbocycles. The van der Waals surface area contributed by atoms with Crippen LogP contribution in [0.25, 0.3) is 0 Å². The summed E-state index contributed by atoms with van der Waals surface area (Å²) in [4.78, 5) is 14.1. The number of hydrogen-bond acceptors (Lipinski definition) is 4. The maximum atomic E-state index is 12.4. The molecule has 1 amide bonds. The van der Waals surface area contributed by atoms with Gasteiger partial charge in [-0.15, -0.1) is 0 Å². The van der Waals surface area contributed by atoms with Gasteiger partial charge in [-0.2, -0.15) is 0 Å². The lowest BCUT2D eigenvalue weighted by molar-refractivity contribution is -0.136. The fraction of sp³-hybridized carbons (Fsp3) is 0.917. The summed E-state index contributed by atoms with van der Waals surface area (Å²) < 4.78 is 22.9. The first-order chi connectivity index (χ1) is 8.46. The van der Waals surface area contributed by atoms with Crippen LogP contribution in [0, 0.1) is 5.92 Å². The molecule has 0 aromatic rings. The van der Waals surface area contributed by atoms with E-state index >= 15 is 0 Å². The van der Waals surface area contributed by atoms with Gasteiger partial charge in [0.05, 0.1) is 17.4 Å². The molecule has 3 fully saturated rings. The Balaban J connectivity index is 1.66. The van der Waals surface area contributed by atoms with Crippen LogP contribution in [0.2, 0.25) is 0 Å². The Labute approximate surface area is 108 Å². The fourth-order valence-corrected chi connectivity index (χ4v) is 5.39. The van der Waals surface area contributed by atoms with E-state index in [-0.39, 0.29) is 29.4 Å². The molecule has 0 radical (unpaired) electrons. The predicted octanol–water partition coefficient (Wildman–Crippen LogP) is -0.228. The van der Waals surface area contributed by atoms with Crippen molar-refractivity contribution in [1.29, 1.82) is 0 Å². The van der Waals surface area contributed by atoms with Gasteiger partial charge in [0.25, 0.3) is 0 Å². The number of sulfone groups is 1. The zero-order valence-corrected chi connectivity index (χ0v) is 11.4. The quantitative estimate of drug-likeness (QED) is 0.754. The molecule has 4 unspecified atom stereocenters. The molecular weight excluding hydrogens is 252 g/mol. The third-order valence-corrected chi connectivity index (χ3v) is 6.47. The fourth-order valence-electron chi connectivity index (χ4n) is 3.62. The van der Waals surface area contributed by atoms with Crippen LogP contribution in [-0.4, -0.2) is 55.9 Å². The minimum absolute atomic E-state index is 0.0667. The summed E-state index contributed by atoms with van der Waals surface area (Å²) in [5.41, 5.74) is 0. The first kappa shape index (κ1) is 12.4. The van der Waals surface area contributed by atoms with Gasteiger partial charge >= 0.3 is 0 Å². The largest absolute Gasteiger partial charge is 0.341 e. The van der Waals surface area contributed by atoms with Crippen molar-refractivity contribution in [3.63, 3.8) is 0 Å². The summed E-state index contributed by atoms with van der Waals surface area (Å²) in [6.45, 7) is 0. The molecule has 4 atom stereocenters. The Morgan fingerprint density at radius 2 is 2.06 bits per heavy atom. The monoisotopic (exact) mass is 272 g/mol. The maximum Gasteiger partial charge on any atom is 0.227 e. The van der Waals surface area contributed by atoms with Crippen LogP contribution in [0.1, 0.15) is 25.7 Å². The van der Waals surface area contributed by atoms with Crippen molar-refractivity contribution in [2.45, 2.75) is 43.8 Å². The molecule has 3 rings (SSSR count). The second-order valence-electron chi connectivity index (χ2n) is 5.90. The van der Waals surface area contributed by atoms with Crippen molar-refractivity contribution < 1.29 is 13.2 Å². The van der Waals surface area contributed by atoms with E-state index in [9.17, 15) is 13.2 Å². The number of nitrogens with one attached hydrogen (secondary N) is 1. The normalized spacial score (nSPS) is 41.2. The van der Waals surface area contributed by atoms with Gasteiger partial charge < -0.3 is 10.2 Å². The SMILES string of the molecule is CN(C(=O)C1CC2CCC1N2)C1CCS(=O)(=O)C1. The topological polar surface area (TPSA) is 66.5 Å². The molecule has 0 aromatic heterocycles. The number of amides is 1. The van der Waals surface area contributed by atoms with Gasteiger partial charge in [0.15, 0.2) is 9.84 Å². The zero-order chi connectivity index (χ0) is 12.9. The highest BCUT2D eigenvalue weighted by atomic mass is 32.2. The minimum atomic E-state index is -2.92. The molecule has 0 saturated carbocycles. The summed E-state index contributed by atoms with van der Waals surface area (Å²) in [5, 5.41) is 3.45. The van der Waals surface area contributed by atoms with E-state index < -0.39 is 9.84 Å². The van der Waals surface area contributed by atoms with Crippen LogP contribution in [0.3, 0.4) is 0 Å². The Hall–Kier alpha value is -0.620. The highest BCUT2D eigenvalue weighted by molar-refractivity contribution is 7.91. The summed E-state index contributed by atoms with van der Waals surface area (Å²) in [6, 6.07) is 0.717. The first-order valence-corrected chi connectivity index (χ1v) is 8.51. The minimum Gasteiger partial charge on any atom is -0.341 e. The van der Waals surface area contributed by atoms with Crippen molar-refractivity contribution in [2.75, 3.05) is 18.6 Å². The predicted molar refractivity (Wildman–Crippen MR) is 67.9 cm³/mol. The van der Waals surface area contributed by atoms with E-state index in [2.05, 4.69) is 5.32 Å². The molecule has 1 N–H and O–H groups in total. The average Bonchev–Trinajstić information content (AvgIpc) is 3.01. The summed E-state index contributed by atoms with van der Waals surface area (Å²) in [5.74, 6) is 0.571. The Morgan fingerprint density at radius 3 is 2.56 bits per heavy atom. The van der Waals surface area contributed by atoms with Crippen LogP contribution >= 0.6 is 0 Å². The smallest absolute Gasteiger partial charge is 0.227 e. The van der Waals surface area contributed by atoms with Crippen LogP contribution in [-0.2, 0) is 14.6 Å². The number of rotatable bonds is 2. The van der Waals surface area contributed by atoms with Crippen molar-refractivity contribution in [2.24, 2.45) is 5.92 Å².